The molecule has 152 valence electrons. The van der Waals surface area contributed by atoms with E-state index in [4.69, 9.17) is 9.72 Å². The monoisotopic (exact) mass is 411 g/mol. The number of thiazole rings is 1. The van der Waals surface area contributed by atoms with Crippen LogP contribution in [0.5, 0.6) is 0 Å². The predicted octanol–water partition coefficient (Wildman–Crippen LogP) is 3.15. The lowest BCUT2D eigenvalue weighted by atomic mass is 9.70. The molecule has 0 unspecified atom stereocenters. The fourth-order valence-corrected chi connectivity index (χ4v) is 4.76. The summed E-state index contributed by atoms with van der Waals surface area (Å²) in [4.78, 5) is 19.5. The third-order valence-corrected chi connectivity index (χ3v) is 6.35. The van der Waals surface area contributed by atoms with Gasteiger partial charge in [-0.05, 0) is 18.4 Å². The lowest BCUT2D eigenvalue weighted by Crippen LogP contribution is -2.46. The van der Waals surface area contributed by atoms with Gasteiger partial charge in [0.15, 0.2) is 5.13 Å². The summed E-state index contributed by atoms with van der Waals surface area (Å²) in [5, 5.41) is 13.0. The number of amides is 1. The Labute approximate surface area is 174 Å². The molecule has 7 nitrogen and oxygen atoms in total. The minimum absolute atomic E-state index is 0.0283. The SMILES string of the molecule is COCCNc1nc(C2(c3ccccc3)CCN(C(=O)c3cn[nH]c3)CC2)cs1. The van der Waals surface area contributed by atoms with Crippen molar-refractivity contribution >= 4 is 22.4 Å². The first-order valence-corrected chi connectivity index (χ1v) is 10.6. The lowest BCUT2D eigenvalue weighted by Gasteiger charge is -2.41. The molecule has 0 bridgehead atoms. The number of likely N-dealkylation sites (tertiary alicyclic amines) is 1. The molecule has 1 saturated heterocycles. The number of carbonyl (C=O) groups excluding carboxylic acids is 1. The number of aromatic amines is 1. The maximum absolute atomic E-state index is 12.7. The number of hydrogen-bond donors (Lipinski definition) is 2. The number of nitrogens with zero attached hydrogens (tertiary/aromatic N) is 3. The van der Waals surface area contributed by atoms with E-state index in [9.17, 15) is 4.79 Å². The number of benzene rings is 1. The first-order chi connectivity index (χ1) is 14.2. The highest BCUT2D eigenvalue weighted by atomic mass is 32.1. The van der Waals surface area contributed by atoms with Gasteiger partial charge in [-0.25, -0.2) is 4.98 Å². The average molecular weight is 412 g/mol. The van der Waals surface area contributed by atoms with Gasteiger partial charge in [-0.2, -0.15) is 5.10 Å². The fraction of sp³-hybridized carbons (Fsp3) is 0.381. The summed E-state index contributed by atoms with van der Waals surface area (Å²) >= 11 is 1.62. The molecule has 2 N–H and O–H groups in total. The van der Waals surface area contributed by atoms with E-state index < -0.39 is 0 Å². The number of nitrogens with one attached hydrogen (secondary N) is 2. The van der Waals surface area contributed by atoms with Crippen LogP contribution in [0.25, 0.3) is 0 Å². The summed E-state index contributed by atoms with van der Waals surface area (Å²) in [5.41, 5.74) is 2.75. The van der Waals surface area contributed by atoms with Gasteiger partial charge < -0.3 is 15.0 Å². The van der Waals surface area contributed by atoms with E-state index in [1.165, 1.54) is 5.56 Å². The van der Waals surface area contributed by atoms with E-state index >= 15 is 0 Å². The van der Waals surface area contributed by atoms with Gasteiger partial charge in [-0.15, -0.1) is 11.3 Å². The van der Waals surface area contributed by atoms with Crippen molar-refractivity contribution in [2.75, 3.05) is 38.7 Å². The number of carbonyl (C=O) groups is 1. The van der Waals surface area contributed by atoms with Crippen molar-refractivity contribution in [1.82, 2.24) is 20.1 Å². The van der Waals surface area contributed by atoms with Crippen LogP contribution < -0.4 is 5.32 Å². The molecule has 1 aromatic carbocycles. The number of hydrogen-bond acceptors (Lipinski definition) is 6. The van der Waals surface area contributed by atoms with Crippen molar-refractivity contribution in [1.29, 1.82) is 0 Å². The minimum Gasteiger partial charge on any atom is -0.383 e. The van der Waals surface area contributed by atoms with Crippen LogP contribution in [0, 0.1) is 0 Å². The van der Waals surface area contributed by atoms with Gasteiger partial charge >= 0.3 is 0 Å². The van der Waals surface area contributed by atoms with E-state index in [2.05, 4.69) is 45.2 Å². The van der Waals surface area contributed by atoms with Gasteiger partial charge in [0.05, 0.1) is 24.1 Å². The van der Waals surface area contributed by atoms with Crippen LogP contribution in [0.2, 0.25) is 0 Å². The fourth-order valence-electron chi connectivity index (χ4n) is 3.93. The van der Waals surface area contributed by atoms with E-state index in [0.717, 1.165) is 30.2 Å². The molecule has 29 heavy (non-hydrogen) atoms. The van der Waals surface area contributed by atoms with Crippen LogP contribution in [-0.4, -0.2) is 59.3 Å². The average Bonchev–Trinajstić information content (AvgIpc) is 3.47. The molecule has 3 heterocycles. The molecular formula is C21H25N5O2S. The zero-order valence-electron chi connectivity index (χ0n) is 16.4. The van der Waals surface area contributed by atoms with Crippen molar-refractivity contribution < 1.29 is 9.53 Å². The molecule has 0 saturated carbocycles. The highest BCUT2D eigenvalue weighted by Crippen LogP contribution is 2.42. The number of rotatable bonds is 7. The highest BCUT2D eigenvalue weighted by molar-refractivity contribution is 7.13. The number of ether oxygens (including phenoxy) is 1. The molecule has 0 atom stereocenters. The molecular weight excluding hydrogens is 386 g/mol. The number of methoxy groups -OCH3 is 1. The molecule has 0 spiro atoms. The van der Waals surface area contributed by atoms with Crippen molar-refractivity contribution in [2.24, 2.45) is 0 Å². The Morgan fingerprint density at radius 1 is 1.31 bits per heavy atom. The normalized spacial score (nSPS) is 16.0. The zero-order chi connectivity index (χ0) is 20.1. The Bertz CT molecular complexity index is 918. The van der Waals surface area contributed by atoms with E-state index in [1.807, 2.05) is 11.0 Å². The van der Waals surface area contributed by atoms with Crippen molar-refractivity contribution in [2.45, 2.75) is 18.3 Å². The van der Waals surface area contributed by atoms with Crippen LogP contribution in [0.4, 0.5) is 5.13 Å². The molecule has 4 rings (SSSR count). The quantitative estimate of drug-likeness (QED) is 0.584. The molecule has 2 aromatic heterocycles. The summed E-state index contributed by atoms with van der Waals surface area (Å²) in [5.74, 6) is 0.0283. The van der Waals surface area contributed by atoms with Gasteiger partial charge in [0.25, 0.3) is 5.91 Å². The maximum atomic E-state index is 12.7. The molecule has 0 aliphatic carbocycles. The van der Waals surface area contributed by atoms with E-state index in [1.54, 1.807) is 30.8 Å². The Hall–Kier alpha value is -2.71. The Morgan fingerprint density at radius 2 is 2.10 bits per heavy atom. The predicted molar refractivity (Wildman–Crippen MR) is 113 cm³/mol. The largest absolute Gasteiger partial charge is 0.383 e. The number of anilines is 1. The first kappa shape index (κ1) is 19.6. The minimum atomic E-state index is -0.188. The summed E-state index contributed by atoms with van der Waals surface area (Å²) < 4.78 is 5.11. The number of aromatic nitrogens is 3. The number of piperidine rings is 1. The molecule has 0 radical (unpaired) electrons. The third-order valence-electron chi connectivity index (χ3n) is 5.55. The van der Waals surface area contributed by atoms with Crippen molar-refractivity contribution in [3.63, 3.8) is 0 Å². The standard InChI is InChI=1S/C21H25N5O2S/c1-28-12-9-22-20-25-18(15-29-20)21(17-5-3-2-4-6-17)7-10-26(11-8-21)19(27)16-13-23-24-14-16/h2-6,13-15H,7-12H2,1H3,(H,22,25)(H,23,24). The van der Waals surface area contributed by atoms with Gasteiger partial charge in [-0.3, -0.25) is 9.89 Å². The van der Waals surface area contributed by atoms with E-state index in [-0.39, 0.29) is 11.3 Å². The van der Waals surface area contributed by atoms with Crippen LogP contribution in [0.3, 0.4) is 0 Å². The van der Waals surface area contributed by atoms with Gasteiger partial charge in [-0.1, -0.05) is 30.3 Å². The summed E-state index contributed by atoms with van der Waals surface area (Å²) in [6.45, 7) is 2.74. The second-order valence-corrected chi connectivity index (χ2v) is 8.04. The van der Waals surface area contributed by atoms with Crippen LogP contribution >= 0.6 is 11.3 Å². The van der Waals surface area contributed by atoms with Crippen molar-refractivity contribution in [3.05, 3.63) is 64.9 Å². The maximum Gasteiger partial charge on any atom is 0.257 e. The molecule has 3 aromatic rings. The Morgan fingerprint density at radius 3 is 2.79 bits per heavy atom. The second-order valence-electron chi connectivity index (χ2n) is 7.18. The topological polar surface area (TPSA) is 83.1 Å². The molecule has 8 heteroatoms. The Balaban J connectivity index is 1.57. The van der Waals surface area contributed by atoms with Gasteiger partial charge in [0.2, 0.25) is 0 Å². The van der Waals surface area contributed by atoms with Gasteiger partial charge in [0, 0.05) is 43.7 Å². The molecule has 1 aliphatic rings. The van der Waals surface area contributed by atoms with Gasteiger partial charge in [0.1, 0.15) is 0 Å². The Kier molecular flexibility index (Phi) is 5.92. The molecule has 1 aliphatic heterocycles. The first-order valence-electron chi connectivity index (χ1n) is 9.75. The lowest BCUT2D eigenvalue weighted by molar-refractivity contribution is 0.0684. The van der Waals surface area contributed by atoms with Crippen LogP contribution in [0.1, 0.15) is 34.5 Å². The highest BCUT2D eigenvalue weighted by Gasteiger charge is 2.41. The summed E-state index contributed by atoms with van der Waals surface area (Å²) in [7, 11) is 1.69. The van der Waals surface area contributed by atoms with E-state index in [0.29, 0.717) is 25.3 Å². The summed E-state index contributed by atoms with van der Waals surface area (Å²) in [6.07, 6.45) is 4.91. The third kappa shape index (κ3) is 4.04. The van der Waals surface area contributed by atoms with Crippen LogP contribution in [0.15, 0.2) is 48.1 Å². The molecule has 1 amide bonds. The summed E-state index contributed by atoms with van der Waals surface area (Å²) in [6, 6.07) is 10.5. The smallest absolute Gasteiger partial charge is 0.257 e. The number of H-pyrrole nitrogens is 1. The van der Waals surface area contributed by atoms with Crippen molar-refractivity contribution in [3.8, 4) is 0 Å². The molecule has 1 fully saturated rings. The van der Waals surface area contributed by atoms with Crippen LogP contribution in [-0.2, 0) is 10.2 Å². The zero-order valence-corrected chi connectivity index (χ0v) is 17.2. The second kappa shape index (κ2) is 8.75.